The van der Waals surface area contributed by atoms with E-state index >= 15 is 0 Å². The first kappa shape index (κ1) is 18.3. The lowest BCUT2D eigenvalue weighted by atomic mass is 9.88. The summed E-state index contributed by atoms with van der Waals surface area (Å²) in [7, 11) is 2.13. The lowest BCUT2D eigenvalue weighted by molar-refractivity contribution is -0.134. The zero-order valence-corrected chi connectivity index (χ0v) is 12.9. The Morgan fingerprint density at radius 3 is 2.14 bits per heavy atom. The predicted molar refractivity (Wildman–Crippen MR) is 78.7 cm³/mol. The van der Waals surface area contributed by atoms with Crippen LogP contribution in [0.15, 0.2) is 12.2 Å². The monoisotopic (exact) mass is 313 g/mol. The van der Waals surface area contributed by atoms with Crippen LogP contribution in [0.5, 0.6) is 0 Å². The number of carbonyl (C=O) groups is 3. The minimum atomic E-state index is -1.26. The van der Waals surface area contributed by atoms with Crippen molar-refractivity contribution in [3.8, 4) is 0 Å². The van der Waals surface area contributed by atoms with Gasteiger partial charge in [-0.25, -0.2) is 9.59 Å². The number of carbonyl (C=O) groups excluding carboxylic acids is 1. The summed E-state index contributed by atoms with van der Waals surface area (Å²) < 4.78 is 5.92. The molecule has 0 aromatic heterocycles. The number of carboxylic acid groups (broad SMARTS) is 2. The molecule has 0 radical (unpaired) electrons. The van der Waals surface area contributed by atoms with Crippen molar-refractivity contribution in [1.82, 2.24) is 4.90 Å². The molecule has 0 aliphatic carbocycles. The highest BCUT2D eigenvalue weighted by Gasteiger charge is 2.45. The molecule has 0 aromatic carbocycles. The van der Waals surface area contributed by atoms with Gasteiger partial charge in [0.25, 0.3) is 0 Å². The molecule has 1 spiro atoms. The molecule has 0 amide bonds. The van der Waals surface area contributed by atoms with Gasteiger partial charge in [0.2, 0.25) is 0 Å². The number of hydrogen-bond donors (Lipinski definition) is 2. The fourth-order valence-corrected chi connectivity index (χ4v) is 2.61. The van der Waals surface area contributed by atoms with Gasteiger partial charge >= 0.3 is 11.9 Å². The van der Waals surface area contributed by atoms with Gasteiger partial charge in [0.15, 0.2) is 5.78 Å². The van der Waals surface area contributed by atoms with Crippen LogP contribution in [0.25, 0.3) is 0 Å². The minimum absolute atomic E-state index is 0.0930. The summed E-state index contributed by atoms with van der Waals surface area (Å²) in [4.78, 5) is 33.0. The van der Waals surface area contributed by atoms with Crippen LogP contribution in [-0.4, -0.2) is 64.7 Å². The number of ether oxygens (including phenoxy) is 1. The Kier molecular flexibility index (Phi) is 6.70. The van der Waals surface area contributed by atoms with Crippen LogP contribution in [-0.2, 0) is 19.1 Å². The standard InChI is InChI=1S/C11H19NO2.C4H4O4/c1-3-10-9(13)8-11(14-10)4-6-12(2)7-5-11;5-3(6)1-2-4(7)8/h10H,3-8H2,1-2H3;1-2H,(H,5,6)(H,7,8)/b;2-1-. The van der Waals surface area contributed by atoms with E-state index < -0.39 is 11.9 Å². The molecule has 0 saturated carbocycles. The Hall–Kier alpha value is -1.73. The van der Waals surface area contributed by atoms with E-state index in [2.05, 4.69) is 11.9 Å². The fraction of sp³-hybridized carbons (Fsp3) is 0.667. The van der Waals surface area contributed by atoms with E-state index in [-0.39, 0.29) is 11.7 Å². The zero-order valence-electron chi connectivity index (χ0n) is 12.9. The van der Waals surface area contributed by atoms with Crippen LogP contribution in [0.4, 0.5) is 0 Å². The number of hydrogen-bond acceptors (Lipinski definition) is 5. The molecule has 7 heteroatoms. The van der Waals surface area contributed by atoms with Crippen LogP contribution in [0.2, 0.25) is 0 Å². The van der Waals surface area contributed by atoms with E-state index in [1.165, 1.54) is 0 Å². The van der Waals surface area contributed by atoms with Crippen LogP contribution in [0, 0.1) is 0 Å². The second-order valence-corrected chi connectivity index (χ2v) is 5.65. The molecule has 2 fully saturated rings. The first-order valence-electron chi connectivity index (χ1n) is 7.31. The number of Topliss-reactive ketones (excluding diaryl/α,β-unsaturated/α-hetero) is 1. The number of nitrogens with zero attached hydrogens (tertiary/aromatic N) is 1. The average molecular weight is 313 g/mol. The third-order valence-corrected chi connectivity index (χ3v) is 3.89. The van der Waals surface area contributed by atoms with Crippen molar-refractivity contribution in [2.75, 3.05) is 20.1 Å². The Labute approximate surface area is 129 Å². The number of aliphatic carboxylic acids is 2. The van der Waals surface area contributed by atoms with Gasteiger partial charge < -0.3 is 19.8 Å². The molecule has 2 aliphatic heterocycles. The SMILES string of the molecule is CCC1OC2(CCN(C)CC2)CC1=O.O=C(O)/C=C\C(=O)O. The molecular formula is C15H23NO6. The maximum Gasteiger partial charge on any atom is 0.328 e. The summed E-state index contributed by atoms with van der Waals surface area (Å²) in [5.41, 5.74) is -0.0930. The first-order chi connectivity index (χ1) is 10.3. The molecule has 0 bridgehead atoms. The molecule has 1 unspecified atom stereocenters. The predicted octanol–water partition coefficient (Wildman–Crippen LogP) is 0.931. The van der Waals surface area contributed by atoms with E-state index in [1.807, 2.05) is 6.92 Å². The third-order valence-electron chi connectivity index (χ3n) is 3.89. The van der Waals surface area contributed by atoms with E-state index in [0.717, 1.165) is 32.4 Å². The Morgan fingerprint density at radius 1 is 1.27 bits per heavy atom. The summed E-state index contributed by atoms with van der Waals surface area (Å²) in [6, 6.07) is 0. The van der Waals surface area contributed by atoms with Gasteiger partial charge in [-0.3, -0.25) is 4.79 Å². The largest absolute Gasteiger partial charge is 0.478 e. The molecule has 0 aromatic rings. The van der Waals surface area contributed by atoms with Crippen molar-refractivity contribution >= 4 is 17.7 Å². The summed E-state index contributed by atoms with van der Waals surface area (Å²) in [5.74, 6) is -2.20. The molecule has 7 nitrogen and oxygen atoms in total. The van der Waals surface area contributed by atoms with Crippen LogP contribution in [0.1, 0.15) is 32.6 Å². The van der Waals surface area contributed by atoms with Crippen LogP contribution < -0.4 is 0 Å². The lowest BCUT2D eigenvalue weighted by Crippen LogP contribution is -2.42. The highest BCUT2D eigenvalue weighted by Crippen LogP contribution is 2.37. The van der Waals surface area contributed by atoms with Crippen molar-refractivity contribution < 1.29 is 29.3 Å². The summed E-state index contributed by atoms with van der Waals surface area (Å²) in [6.07, 6.45) is 4.52. The van der Waals surface area contributed by atoms with Crippen LogP contribution >= 0.6 is 0 Å². The van der Waals surface area contributed by atoms with Gasteiger partial charge in [0.05, 0.1) is 5.60 Å². The van der Waals surface area contributed by atoms with Gasteiger partial charge in [-0.15, -0.1) is 0 Å². The van der Waals surface area contributed by atoms with E-state index in [4.69, 9.17) is 14.9 Å². The van der Waals surface area contributed by atoms with Crippen molar-refractivity contribution in [2.45, 2.75) is 44.3 Å². The van der Waals surface area contributed by atoms with Crippen molar-refractivity contribution in [1.29, 1.82) is 0 Å². The Balaban J connectivity index is 0.000000261. The van der Waals surface area contributed by atoms with Crippen molar-refractivity contribution in [3.63, 3.8) is 0 Å². The first-order valence-corrected chi connectivity index (χ1v) is 7.31. The molecule has 2 rings (SSSR count). The zero-order chi connectivity index (χ0) is 16.8. The number of carboxylic acids is 2. The summed E-state index contributed by atoms with van der Waals surface area (Å²) in [5, 5.41) is 15.6. The van der Waals surface area contributed by atoms with Gasteiger partial charge in [-0.05, 0) is 26.3 Å². The fourth-order valence-electron chi connectivity index (χ4n) is 2.61. The molecule has 1 atom stereocenters. The van der Waals surface area contributed by atoms with E-state index in [1.54, 1.807) is 0 Å². The third kappa shape index (κ3) is 5.57. The van der Waals surface area contributed by atoms with Crippen LogP contribution in [0.3, 0.4) is 0 Å². The summed E-state index contributed by atoms with van der Waals surface area (Å²) in [6.45, 7) is 4.14. The number of piperidine rings is 1. The second-order valence-electron chi connectivity index (χ2n) is 5.65. The molecule has 2 heterocycles. The quantitative estimate of drug-likeness (QED) is 0.747. The van der Waals surface area contributed by atoms with Crippen molar-refractivity contribution in [3.05, 3.63) is 12.2 Å². The Bertz CT molecular complexity index is 435. The normalized spacial score (nSPS) is 24.3. The smallest absolute Gasteiger partial charge is 0.328 e. The van der Waals surface area contributed by atoms with Gasteiger partial charge in [-0.1, -0.05) is 6.92 Å². The number of rotatable bonds is 3. The maximum atomic E-state index is 11.6. The van der Waals surface area contributed by atoms with E-state index in [0.29, 0.717) is 24.4 Å². The Morgan fingerprint density at radius 2 is 1.77 bits per heavy atom. The van der Waals surface area contributed by atoms with Gasteiger partial charge in [0.1, 0.15) is 6.10 Å². The topological polar surface area (TPSA) is 104 Å². The van der Waals surface area contributed by atoms with E-state index in [9.17, 15) is 14.4 Å². The summed E-state index contributed by atoms with van der Waals surface area (Å²) >= 11 is 0. The van der Waals surface area contributed by atoms with Gasteiger partial charge in [0, 0.05) is 31.7 Å². The molecule has 2 saturated heterocycles. The molecule has 124 valence electrons. The molecular weight excluding hydrogens is 290 g/mol. The second kappa shape index (κ2) is 8.05. The number of likely N-dealkylation sites (tertiary alicyclic amines) is 1. The molecule has 2 aliphatic rings. The highest BCUT2D eigenvalue weighted by atomic mass is 16.5. The maximum absolute atomic E-state index is 11.6. The lowest BCUT2D eigenvalue weighted by Gasteiger charge is -2.36. The molecule has 22 heavy (non-hydrogen) atoms. The molecule has 2 N–H and O–H groups in total. The average Bonchev–Trinajstić information content (AvgIpc) is 2.77. The van der Waals surface area contributed by atoms with Gasteiger partial charge in [-0.2, -0.15) is 0 Å². The van der Waals surface area contributed by atoms with Crippen molar-refractivity contribution in [2.24, 2.45) is 0 Å². The highest BCUT2D eigenvalue weighted by molar-refractivity contribution is 5.89. The minimum Gasteiger partial charge on any atom is -0.478 e. The number of ketones is 1.